The van der Waals surface area contributed by atoms with E-state index in [0.717, 1.165) is 0 Å². The van der Waals surface area contributed by atoms with Crippen LogP contribution in [0.25, 0.3) is 0 Å². The molecule has 0 unspecified atom stereocenters. The molecule has 2 aromatic rings. The summed E-state index contributed by atoms with van der Waals surface area (Å²) in [5.74, 6) is -1.31. The zero-order valence-corrected chi connectivity index (χ0v) is 16.8. The van der Waals surface area contributed by atoms with Gasteiger partial charge in [0.2, 0.25) is 27.7 Å². The van der Waals surface area contributed by atoms with E-state index in [4.69, 9.17) is 9.47 Å². The number of sulfonamides is 1. The minimum atomic E-state index is -4.14. The van der Waals surface area contributed by atoms with Crippen LogP contribution < -0.4 is 19.5 Å². The molecule has 2 amide bonds. The van der Waals surface area contributed by atoms with Crippen LogP contribution in [-0.4, -0.2) is 61.8 Å². The molecule has 29 heavy (non-hydrogen) atoms. The molecule has 0 spiro atoms. The maximum Gasteiger partial charge on any atom is 2.00 e. The Bertz CT molecular complexity index is 973. The van der Waals surface area contributed by atoms with E-state index in [9.17, 15) is 18.0 Å². The molecule has 11 nitrogen and oxygen atoms in total. The number of hydrogen-bond donors (Lipinski definition) is 2. The molecule has 0 atom stereocenters. The van der Waals surface area contributed by atoms with Gasteiger partial charge in [0.1, 0.15) is 0 Å². The number of urea groups is 1. The molecule has 1 aromatic heterocycles. The van der Waals surface area contributed by atoms with Crippen LogP contribution >= 0.6 is 0 Å². The van der Waals surface area contributed by atoms with Crippen LogP contribution in [0.15, 0.2) is 30.3 Å². The maximum atomic E-state index is 12.3. The Labute approximate surface area is 174 Å². The zero-order valence-electron chi connectivity index (χ0n) is 18.0. The van der Waals surface area contributed by atoms with E-state index >= 15 is 0 Å². The number of anilines is 1. The number of carbonyl (C=O) groups is 2. The largest absolute Gasteiger partial charge is 2.00 e. The second-order valence-corrected chi connectivity index (χ2v) is 6.96. The van der Waals surface area contributed by atoms with Crippen molar-refractivity contribution in [3.63, 3.8) is 0 Å². The predicted molar refractivity (Wildman–Crippen MR) is 106 cm³/mol. The summed E-state index contributed by atoms with van der Waals surface area (Å²) >= 11 is 0. The number of amides is 2. The quantitative estimate of drug-likeness (QED) is 0.489. The van der Waals surface area contributed by atoms with E-state index in [0.29, 0.717) is 0 Å². The molecule has 0 saturated heterocycles. The molecule has 13 heteroatoms. The van der Waals surface area contributed by atoms with Crippen molar-refractivity contribution in [2.45, 2.75) is 5.75 Å². The fourth-order valence-corrected chi connectivity index (χ4v) is 3.20. The van der Waals surface area contributed by atoms with Crippen molar-refractivity contribution in [3.8, 4) is 11.8 Å². The Balaban J connectivity index is 0. The molecule has 1 heterocycles. The first-order chi connectivity index (χ1) is 13.3. The number of carbonyl (C=O) groups excluding carboxylic acids is 2. The second-order valence-electron chi connectivity index (χ2n) is 5.24. The Morgan fingerprint density at radius 3 is 2.21 bits per heavy atom. The first-order valence-electron chi connectivity index (χ1n) is 7.72. The van der Waals surface area contributed by atoms with Gasteiger partial charge in [-0.1, -0.05) is 18.2 Å². The van der Waals surface area contributed by atoms with Gasteiger partial charge in [0.05, 0.1) is 38.7 Å². The van der Waals surface area contributed by atoms with Crippen molar-refractivity contribution in [2.24, 2.45) is 0 Å². The monoisotopic (exact) mass is 421 g/mol. The number of ether oxygens (including phenoxy) is 3. The third-order valence-corrected chi connectivity index (χ3v) is 4.53. The first kappa shape index (κ1) is 23.8. The maximum absolute atomic E-state index is 12.3. The summed E-state index contributed by atoms with van der Waals surface area (Å²) in [5.41, 5.74) is 0.255. The van der Waals surface area contributed by atoms with Crippen molar-refractivity contribution in [1.82, 2.24) is 14.7 Å². The average Bonchev–Trinajstić information content (AvgIpc) is 2.66. The standard InChI is InChI=1S/C16H18N4O7S.Be.2H/c1-25-12-8-13(26-2)18-15(17-12)19-16(22)20-28(23,24)9-10-6-4-5-7-11(10)14(21)27-3;;;/h4-8H,9H2,1-3H3,(H2,17,18,19,20,22);;;/q;+2;2*-1. The van der Waals surface area contributed by atoms with Crippen molar-refractivity contribution < 1.29 is 35.1 Å². The van der Waals surface area contributed by atoms with Crippen LogP contribution in [-0.2, 0) is 20.5 Å². The van der Waals surface area contributed by atoms with E-state index in [-0.39, 0.29) is 41.8 Å². The first-order valence-corrected chi connectivity index (χ1v) is 9.38. The molecule has 0 aliphatic rings. The minimum absolute atomic E-state index is 0. The Morgan fingerprint density at radius 1 is 1.07 bits per heavy atom. The zero-order chi connectivity index (χ0) is 20.7. The summed E-state index contributed by atoms with van der Waals surface area (Å²) in [5, 5.41) is 2.18. The average molecular weight is 421 g/mol. The van der Waals surface area contributed by atoms with Crippen LogP contribution in [0.4, 0.5) is 10.7 Å². The number of hydrogen-bond acceptors (Lipinski definition) is 9. The molecule has 1 aromatic carbocycles. The van der Waals surface area contributed by atoms with Gasteiger partial charge in [-0.25, -0.2) is 22.7 Å². The van der Waals surface area contributed by atoms with Crippen LogP contribution in [0, 0.1) is 0 Å². The molecule has 0 aliphatic carbocycles. The number of aromatic nitrogens is 2. The van der Waals surface area contributed by atoms with Gasteiger partial charge in [0, 0.05) is 0 Å². The third-order valence-electron chi connectivity index (χ3n) is 3.34. The molecule has 2 rings (SSSR count). The number of benzene rings is 1. The van der Waals surface area contributed by atoms with Crippen LogP contribution in [0.3, 0.4) is 0 Å². The number of rotatable bonds is 7. The molecule has 0 saturated carbocycles. The summed E-state index contributed by atoms with van der Waals surface area (Å²) in [4.78, 5) is 31.5. The molecule has 0 radical (unpaired) electrons. The summed E-state index contributed by atoms with van der Waals surface area (Å²) in [6, 6.07) is 6.28. The van der Waals surface area contributed by atoms with Gasteiger partial charge in [-0.2, -0.15) is 9.97 Å². The van der Waals surface area contributed by atoms with Gasteiger partial charge < -0.3 is 17.1 Å². The molecular weight excluding hydrogens is 401 g/mol. The molecule has 2 N–H and O–H groups in total. The van der Waals surface area contributed by atoms with Crippen molar-refractivity contribution in [2.75, 3.05) is 26.6 Å². The number of nitrogens with one attached hydrogen (secondary N) is 2. The van der Waals surface area contributed by atoms with Crippen molar-refractivity contribution in [3.05, 3.63) is 41.5 Å². The second kappa shape index (κ2) is 10.3. The minimum Gasteiger partial charge on any atom is -1.00 e. The summed E-state index contributed by atoms with van der Waals surface area (Å²) in [7, 11) is -0.243. The van der Waals surface area contributed by atoms with Crippen LogP contribution in [0.5, 0.6) is 11.8 Å². The fraction of sp³-hybridized carbons (Fsp3) is 0.250. The third kappa shape index (κ3) is 6.70. The summed E-state index contributed by atoms with van der Waals surface area (Å²) < 4.78 is 40.9. The van der Waals surface area contributed by atoms with Crippen molar-refractivity contribution >= 4 is 38.1 Å². The SMILES string of the molecule is COC(=O)c1ccccc1CS(=O)(=O)NC(=O)Nc1nc(OC)cc(OC)n1.[Be+2].[H-].[H-]. The van der Waals surface area contributed by atoms with Gasteiger partial charge in [-0.3, -0.25) is 5.32 Å². The van der Waals surface area contributed by atoms with E-state index in [2.05, 4.69) is 20.0 Å². The molecule has 0 bridgehead atoms. The smallest absolute Gasteiger partial charge is 1.00 e. The van der Waals surface area contributed by atoms with E-state index in [1.54, 1.807) is 12.1 Å². The Hall–Kier alpha value is -3.24. The van der Waals surface area contributed by atoms with Gasteiger partial charge in [-0.05, 0) is 11.6 Å². The topological polar surface area (TPSA) is 146 Å². The van der Waals surface area contributed by atoms with E-state index in [1.165, 1.54) is 39.5 Å². The molecule has 154 valence electrons. The molecular formula is C16H20BeN4O7S. The molecule has 0 aliphatic heterocycles. The fourth-order valence-electron chi connectivity index (χ4n) is 2.13. The number of esters is 1. The van der Waals surface area contributed by atoms with E-state index < -0.39 is 27.8 Å². The summed E-state index contributed by atoms with van der Waals surface area (Å²) in [6.45, 7) is 0. The van der Waals surface area contributed by atoms with Crippen molar-refractivity contribution in [1.29, 1.82) is 0 Å². The van der Waals surface area contributed by atoms with Gasteiger partial charge >= 0.3 is 22.1 Å². The number of nitrogens with zero attached hydrogens (tertiary/aromatic N) is 2. The van der Waals surface area contributed by atoms with Gasteiger partial charge in [0.25, 0.3) is 0 Å². The van der Waals surface area contributed by atoms with Crippen LogP contribution in [0.1, 0.15) is 18.8 Å². The molecule has 0 fully saturated rings. The predicted octanol–water partition coefficient (Wildman–Crippen LogP) is 0.776. The Morgan fingerprint density at radius 2 is 1.66 bits per heavy atom. The van der Waals surface area contributed by atoms with Gasteiger partial charge in [-0.15, -0.1) is 0 Å². The number of methoxy groups -OCH3 is 3. The van der Waals surface area contributed by atoms with E-state index in [1.807, 2.05) is 4.72 Å². The summed E-state index contributed by atoms with van der Waals surface area (Å²) in [6.07, 6.45) is 0. The Kier molecular flexibility index (Phi) is 8.49. The normalized spacial score (nSPS) is 10.3. The van der Waals surface area contributed by atoms with Gasteiger partial charge in [0.15, 0.2) is 0 Å². The van der Waals surface area contributed by atoms with Crippen LogP contribution in [0.2, 0.25) is 0 Å².